The first-order valence-corrected chi connectivity index (χ1v) is 8.32. The fraction of sp³-hybridized carbons (Fsp3) is 0.222. The zero-order chi connectivity index (χ0) is 16.4. The molecule has 3 rings (SSSR count). The maximum atomic E-state index is 12.4. The van der Waals surface area contributed by atoms with Crippen molar-refractivity contribution in [2.24, 2.45) is 0 Å². The fourth-order valence-corrected chi connectivity index (χ4v) is 3.31. The van der Waals surface area contributed by atoms with Gasteiger partial charge in [0.15, 0.2) is 0 Å². The maximum Gasteiger partial charge on any atom is 0.256 e. The highest BCUT2D eigenvalue weighted by atomic mass is 79.9. The molecule has 2 aromatic carbocycles. The van der Waals surface area contributed by atoms with Crippen molar-refractivity contribution in [1.29, 1.82) is 0 Å². The molecule has 0 spiro atoms. The van der Waals surface area contributed by atoms with Gasteiger partial charge in [0.2, 0.25) is 5.91 Å². The molecule has 1 N–H and O–H groups in total. The van der Waals surface area contributed by atoms with Gasteiger partial charge in [0.1, 0.15) is 0 Å². The zero-order valence-corrected chi connectivity index (χ0v) is 14.4. The SMILES string of the molecule is CC(=O)N1CCCc2cc(NC(=O)c3ccccc3Br)ccc21. The molecule has 2 amide bonds. The molecule has 23 heavy (non-hydrogen) atoms. The van der Waals surface area contributed by atoms with Crippen LogP contribution in [0, 0.1) is 0 Å². The summed E-state index contributed by atoms with van der Waals surface area (Å²) < 4.78 is 0.762. The van der Waals surface area contributed by atoms with E-state index < -0.39 is 0 Å². The minimum atomic E-state index is -0.156. The molecule has 2 aromatic rings. The third-order valence-electron chi connectivity index (χ3n) is 3.95. The van der Waals surface area contributed by atoms with Crippen molar-refractivity contribution >= 4 is 39.1 Å². The third kappa shape index (κ3) is 3.29. The molecule has 0 fully saturated rings. The van der Waals surface area contributed by atoms with Crippen LogP contribution >= 0.6 is 15.9 Å². The Morgan fingerprint density at radius 3 is 2.70 bits per heavy atom. The van der Waals surface area contributed by atoms with Gasteiger partial charge < -0.3 is 10.2 Å². The number of fused-ring (bicyclic) bond motifs is 1. The lowest BCUT2D eigenvalue weighted by atomic mass is 10.0. The monoisotopic (exact) mass is 372 g/mol. The lowest BCUT2D eigenvalue weighted by Crippen LogP contribution is -2.33. The van der Waals surface area contributed by atoms with Crippen LogP contribution in [0.1, 0.15) is 29.3 Å². The number of nitrogens with one attached hydrogen (secondary N) is 1. The molecular formula is C18H17BrN2O2. The van der Waals surface area contributed by atoms with Gasteiger partial charge in [0.05, 0.1) is 5.56 Å². The van der Waals surface area contributed by atoms with E-state index in [1.54, 1.807) is 17.9 Å². The second-order valence-corrected chi connectivity index (χ2v) is 6.41. The molecule has 118 valence electrons. The Morgan fingerprint density at radius 1 is 1.17 bits per heavy atom. The van der Waals surface area contributed by atoms with Crippen molar-refractivity contribution < 1.29 is 9.59 Å². The number of nitrogens with zero attached hydrogens (tertiary/aromatic N) is 1. The molecule has 0 bridgehead atoms. The number of hydrogen-bond acceptors (Lipinski definition) is 2. The fourth-order valence-electron chi connectivity index (χ4n) is 2.85. The highest BCUT2D eigenvalue weighted by Crippen LogP contribution is 2.30. The molecule has 1 aliphatic heterocycles. The van der Waals surface area contributed by atoms with Crippen molar-refractivity contribution in [1.82, 2.24) is 0 Å². The Balaban J connectivity index is 1.84. The zero-order valence-electron chi connectivity index (χ0n) is 12.8. The van der Waals surface area contributed by atoms with Crippen LogP contribution in [0.15, 0.2) is 46.9 Å². The predicted octanol–water partition coefficient (Wildman–Crippen LogP) is 4.00. The number of anilines is 2. The number of halogens is 1. The molecule has 0 aliphatic carbocycles. The summed E-state index contributed by atoms with van der Waals surface area (Å²) in [4.78, 5) is 25.9. The smallest absolute Gasteiger partial charge is 0.256 e. The van der Waals surface area contributed by atoms with Crippen LogP contribution in [0.4, 0.5) is 11.4 Å². The van der Waals surface area contributed by atoms with E-state index in [-0.39, 0.29) is 11.8 Å². The van der Waals surface area contributed by atoms with Gasteiger partial charge in [-0.1, -0.05) is 12.1 Å². The second-order valence-electron chi connectivity index (χ2n) is 5.55. The number of carbonyl (C=O) groups is 2. The Morgan fingerprint density at radius 2 is 1.96 bits per heavy atom. The van der Waals surface area contributed by atoms with E-state index >= 15 is 0 Å². The van der Waals surface area contributed by atoms with Gasteiger partial charge >= 0.3 is 0 Å². The Bertz CT molecular complexity index is 773. The minimum absolute atomic E-state index is 0.0518. The highest BCUT2D eigenvalue weighted by molar-refractivity contribution is 9.10. The number of hydrogen-bond donors (Lipinski definition) is 1. The first-order valence-electron chi connectivity index (χ1n) is 7.53. The van der Waals surface area contributed by atoms with Gasteiger partial charge in [0.25, 0.3) is 5.91 Å². The predicted molar refractivity (Wildman–Crippen MR) is 94.9 cm³/mol. The largest absolute Gasteiger partial charge is 0.322 e. The molecule has 1 aliphatic rings. The van der Waals surface area contributed by atoms with E-state index in [0.717, 1.165) is 40.8 Å². The normalized spacial score (nSPS) is 13.4. The molecule has 0 atom stereocenters. The van der Waals surface area contributed by atoms with Gasteiger partial charge in [-0.05, 0) is 64.7 Å². The molecule has 1 heterocycles. The molecule has 0 unspecified atom stereocenters. The second kappa shape index (κ2) is 6.54. The Kier molecular flexibility index (Phi) is 4.48. The van der Waals surface area contributed by atoms with Crippen molar-refractivity contribution in [3.63, 3.8) is 0 Å². The topological polar surface area (TPSA) is 49.4 Å². The third-order valence-corrected chi connectivity index (χ3v) is 4.65. The average molecular weight is 373 g/mol. The van der Waals surface area contributed by atoms with Crippen LogP contribution in [-0.2, 0) is 11.2 Å². The van der Waals surface area contributed by atoms with Gasteiger partial charge in [-0.15, -0.1) is 0 Å². The number of benzene rings is 2. The summed E-state index contributed by atoms with van der Waals surface area (Å²) in [5, 5.41) is 2.92. The lowest BCUT2D eigenvalue weighted by Gasteiger charge is -2.29. The number of amides is 2. The maximum absolute atomic E-state index is 12.4. The molecule has 0 saturated heterocycles. The summed E-state index contributed by atoms with van der Waals surface area (Å²) in [7, 11) is 0. The van der Waals surface area contributed by atoms with Gasteiger partial charge in [-0.25, -0.2) is 0 Å². The van der Waals surface area contributed by atoms with E-state index in [1.807, 2.05) is 36.4 Å². The minimum Gasteiger partial charge on any atom is -0.322 e. The van der Waals surface area contributed by atoms with Crippen molar-refractivity contribution in [2.45, 2.75) is 19.8 Å². The lowest BCUT2D eigenvalue weighted by molar-refractivity contribution is -0.116. The standard InChI is InChI=1S/C18H17BrN2O2/c1-12(22)21-10-4-5-13-11-14(8-9-17(13)21)20-18(23)15-6-2-3-7-16(15)19/h2-3,6-9,11H,4-5,10H2,1H3,(H,20,23). The molecular weight excluding hydrogens is 356 g/mol. The van der Waals surface area contributed by atoms with Crippen LogP contribution in [0.3, 0.4) is 0 Å². The van der Waals surface area contributed by atoms with E-state index in [2.05, 4.69) is 21.2 Å². The van der Waals surface area contributed by atoms with Crippen molar-refractivity contribution in [2.75, 3.05) is 16.8 Å². The first kappa shape index (κ1) is 15.7. The van der Waals surface area contributed by atoms with E-state index in [4.69, 9.17) is 0 Å². The summed E-state index contributed by atoms with van der Waals surface area (Å²) in [6, 6.07) is 13.0. The van der Waals surface area contributed by atoms with Crippen molar-refractivity contribution in [3.05, 3.63) is 58.1 Å². The Labute approximate surface area is 143 Å². The van der Waals surface area contributed by atoms with Crippen molar-refractivity contribution in [3.8, 4) is 0 Å². The van der Waals surface area contributed by atoms with Crippen LogP contribution in [0.5, 0.6) is 0 Å². The molecule has 5 heteroatoms. The summed E-state index contributed by atoms with van der Waals surface area (Å²) in [5.41, 5.74) is 3.38. The van der Waals surface area contributed by atoms with Gasteiger partial charge in [0, 0.05) is 29.3 Å². The Hall–Kier alpha value is -2.14. The number of carbonyl (C=O) groups excluding carboxylic acids is 2. The first-order chi connectivity index (χ1) is 11.1. The number of aryl methyl sites for hydroxylation is 1. The molecule has 0 aromatic heterocycles. The molecule has 0 saturated carbocycles. The molecule has 0 radical (unpaired) electrons. The van der Waals surface area contributed by atoms with Crippen LogP contribution < -0.4 is 10.2 Å². The highest BCUT2D eigenvalue weighted by Gasteiger charge is 2.20. The average Bonchev–Trinajstić information content (AvgIpc) is 2.54. The van der Waals surface area contributed by atoms with E-state index in [0.29, 0.717) is 5.56 Å². The van der Waals surface area contributed by atoms with Crippen LogP contribution in [-0.4, -0.2) is 18.4 Å². The number of rotatable bonds is 2. The van der Waals surface area contributed by atoms with Gasteiger partial charge in [-0.2, -0.15) is 0 Å². The summed E-state index contributed by atoms with van der Waals surface area (Å²) in [6.45, 7) is 2.34. The van der Waals surface area contributed by atoms with Gasteiger partial charge in [-0.3, -0.25) is 9.59 Å². The van der Waals surface area contributed by atoms with Crippen LogP contribution in [0.25, 0.3) is 0 Å². The summed E-state index contributed by atoms with van der Waals surface area (Å²) >= 11 is 3.39. The summed E-state index contributed by atoms with van der Waals surface area (Å²) in [5.74, 6) is -0.104. The van der Waals surface area contributed by atoms with Crippen LogP contribution in [0.2, 0.25) is 0 Å². The van der Waals surface area contributed by atoms with E-state index in [1.165, 1.54) is 0 Å². The molecule has 4 nitrogen and oxygen atoms in total. The quantitative estimate of drug-likeness (QED) is 0.865. The van der Waals surface area contributed by atoms with E-state index in [9.17, 15) is 9.59 Å². The summed E-state index contributed by atoms with van der Waals surface area (Å²) in [6.07, 6.45) is 1.85.